The predicted octanol–water partition coefficient (Wildman–Crippen LogP) is 3.76. The predicted molar refractivity (Wildman–Crippen MR) is 84.6 cm³/mol. The number of nitrogens with one attached hydrogen (secondary N) is 1. The lowest BCUT2D eigenvalue weighted by molar-refractivity contribution is 0.883. The number of aryl methyl sites for hydroxylation is 1. The van der Waals surface area contributed by atoms with E-state index < -0.39 is 0 Å². The SMILES string of the molecule is CCN(c1cccc(C)c1)c1cc(NC(C)C)ncn1. The standard InChI is InChI=1S/C16H22N4/c1-5-20(14-8-6-7-13(4)9-14)16-10-15(17-11-18-16)19-12(2)3/h6-12H,5H2,1-4H3,(H,17,18,19). The molecule has 1 aromatic heterocycles. The van der Waals surface area contributed by atoms with Crippen molar-refractivity contribution in [2.24, 2.45) is 0 Å². The molecule has 4 heteroatoms. The Morgan fingerprint density at radius 1 is 1.20 bits per heavy atom. The van der Waals surface area contributed by atoms with E-state index in [2.05, 4.69) is 72.1 Å². The molecule has 1 N–H and O–H groups in total. The lowest BCUT2D eigenvalue weighted by Gasteiger charge is -2.23. The van der Waals surface area contributed by atoms with Crippen molar-refractivity contribution in [2.45, 2.75) is 33.7 Å². The molecule has 0 unspecified atom stereocenters. The summed E-state index contributed by atoms with van der Waals surface area (Å²) in [6.45, 7) is 9.28. The average Bonchev–Trinajstić information content (AvgIpc) is 2.39. The van der Waals surface area contributed by atoms with Crippen LogP contribution in [0.15, 0.2) is 36.7 Å². The van der Waals surface area contributed by atoms with Crippen molar-refractivity contribution < 1.29 is 0 Å². The van der Waals surface area contributed by atoms with Crippen LogP contribution in [0, 0.1) is 6.92 Å². The molecule has 2 rings (SSSR count). The molecule has 0 aliphatic rings. The Hall–Kier alpha value is -2.10. The highest BCUT2D eigenvalue weighted by Crippen LogP contribution is 2.25. The molecule has 1 aromatic carbocycles. The highest BCUT2D eigenvalue weighted by Gasteiger charge is 2.10. The molecule has 0 atom stereocenters. The van der Waals surface area contributed by atoms with Gasteiger partial charge < -0.3 is 10.2 Å². The Morgan fingerprint density at radius 2 is 2.00 bits per heavy atom. The molecule has 20 heavy (non-hydrogen) atoms. The molecule has 0 spiro atoms. The van der Waals surface area contributed by atoms with Crippen LogP contribution in [0.5, 0.6) is 0 Å². The van der Waals surface area contributed by atoms with Crippen LogP contribution in [0.4, 0.5) is 17.3 Å². The first-order chi connectivity index (χ1) is 9.60. The Balaban J connectivity index is 2.32. The third-order valence-electron chi connectivity index (χ3n) is 3.00. The van der Waals surface area contributed by atoms with Crippen molar-refractivity contribution in [1.82, 2.24) is 9.97 Å². The first-order valence-corrected chi connectivity index (χ1v) is 7.03. The molecule has 0 aliphatic heterocycles. The summed E-state index contributed by atoms with van der Waals surface area (Å²) in [7, 11) is 0. The summed E-state index contributed by atoms with van der Waals surface area (Å²) in [6.07, 6.45) is 1.61. The van der Waals surface area contributed by atoms with Crippen molar-refractivity contribution in [3.63, 3.8) is 0 Å². The minimum absolute atomic E-state index is 0.354. The van der Waals surface area contributed by atoms with E-state index in [-0.39, 0.29) is 0 Å². The van der Waals surface area contributed by atoms with Gasteiger partial charge in [0, 0.05) is 24.3 Å². The van der Waals surface area contributed by atoms with Gasteiger partial charge in [-0.3, -0.25) is 0 Å². The number of benzene rings is 1. The van der Waals surface area contributed by atoms with Crippen LogP contribution >= 0.6 is 0 Å². The average molecular weight is 270 g/mol. The third kappa shape index (κ3) is 3.47. The van der Waals surface area contributed by atoms with Crippen LogP contribution < -0.4 is 10.2 Å². The smallest absolute Gasteiger partial charge is 0.138 e. The Labute approximate surface area is 120 Å². The van der Waals surface area contributed by atoms with Gasteiger partial charge in [-0.25, -0.2) is 9.97 Å². The molecular weight excluding hydrogens is 248 g/mol. The lowest BCUT2D eigenvalue weighted by atomic mass is 10.2. The van der Waals surface area contributed by atoms with Crippen molar-refractivity contribution in [3.8, 4) is 0 Å². The zero-order valence-electron chi connectivity index (χ0n) is 12.6. The van der Waals surface area contributed by atoms with E-state index in [1.807, 2.05) is 6.07 Å². The highest BCUT2D eigenvalue weighted by molar-refractivity contribution is 5.62. The van der Waals surface area contributed by atoms with Crippen LogP contribution in [0.25, 0.3) is 0 Å². The summed E-state index contributed by atoms with van der Waals surface area (Å²) in [6, 6.07) is 10.8. The van der Waals surface area contributed by atoms with Gasteiger partial charge in [0.2, 0.25) is 0 Å². The maximum atomic E-state index is 4.40. The molecule has 0 saturated heterocycles. The minimum atomic E-state index is 0.354. The van der Waals surface area contributed by atoms with E-state index in [4.69, 9.17) is 0 Å². The van der Waals surface area contributed by atoms with Gasteiger partial charge in [0.1, 0.15) is 18.0 Å². The fourth-order valence-corrected chi connectivity index (χ4v) is 2.14. The molecule has 4 nitrogen and oxygen atoms in total. The molecule has 0 radical (unpaired) electrons. The second-order valence-electron chi connectivity index (χ2n) is 5.14. The van der Waals surface area contributed by atoms with E-state index in [0.29, 0.717) is 6.04 Å². The molecule has 0 aliphatic carbocycles. The van der Waals surface area contributed by atoms with Crippen molar-refractivity contribution in [2.75, 3.05) is 16.8 Å². The number of nitrogens with zero attached hydrogens (tertiary/aromatic N) is 3. The second-order valence-corrected chi connectivity index (χ2v) is 5.14. The van der Waals surface area contributed by atoms with E-state index in [1.165, 1.54) is 5.56 Å². The molecule has 2 aromatic rings. The Bertz CT molecular complexity index is 566. The molecular formula is C16H22N4. The van der Waals surface area contributed by atoms with E-state index >= 15 is 0 Å². The van der Waals surface area contributed by atoms with Crippen LogP contribution in [0.2, 0.25) is 0 Å². The van der Waals surface area contributed by atoms with E-state index in [1.54, 1.807) is 6.33 Å². The fourth-order valence-electron chi connectivity index (χ4n) is 2.14. The number of rotatable bonds is 5. The maximum absolute atomic E-state index is 4.40. The molecule has 0 amide bonds. The first-order valence-electron chi connectivity index (χ1n) is 7.03. The van der Waals surface area contributed by atoms with Crippen molar-refractivity contribution >= 4 is 17.3 Å². The maximum Gasteiger partial charge on any atom is 0.138 e. The highest BCUT2D eigenvalue weighted by atomic mass is 15.2. The number of anilines is 3. The van der Waals surface area contributed by atoms with Gasteiger partial charge in [-0.15, -0.1) is 0 Å². The lowest BCUT2D eigenvalue weighted by Crippen LogP contribution is -2.18. The normalized spacial score (nSPS) is 10.7. The topological polar surface area (TPSA) is 41.0 Å². The zero-order chi connectivity index (χ0) is 14.5. The fraction of sp³-hybridized carbons (Fsp3) is 0.375. The molecule has 106 valence electrons. The van der Waals surface area contributed by atoms with Crippen molar-refractivity contribution in [3.05, 3.63) is 42.2 Å². The first kappa shape index (κ1) is 14.3. The largest absolute Gasteiger partial charge is 0.368 e. The number of hydrogen-bond acceptors (Lipinski definition) is 4. The van der Waals surface area contributed by atoms with Gasteiger partial charge in [-0.1, -0.05) is 12.1 Å². The quantitative estimate of drug-likeness (QED) is 0.898. The van der Waals surface area contributed by atoms with Crippen LogP contribution in [-0.2, 0) is 0 Å². The Morgan fingerprint density at radius 3 is 2.65 bits per heavy atom. The third-order valence-corrected chi connectivity index (χ3v) is 3.00. The van der Waals surface area contributed by atoms with Crippen molar-refractivity contribution in [1.29, 1.82) is 0 Å². The van der Waals surface area contributed by atoms with Gasteiger partial charge in [0.15, 0.2) is 0 Å². The summed E-state index contributed by atoms with van der Waals surface area (Å²) in [5.41, 5.74) is 2.40. The second kappa shape index (κ2) is 6.37. The van der Waals surface area contributed by atoms with E-state index in [9.17, 15) is 0 Å². The minimum Gasteiger partial charge on any atom is -0.368 e. The summed E-state index contributed by atoms with van der Waals surface area (Å²) in [4.78, 5) is 10.8. The molecule has 0 saturated carbocycles. The molecule has 0 fully saturated rings. The summed E-state index contributed by atoms with van der Waals surface area (Å²) < 4.78 is 0. The van der Waals surface area contributed by atoms with Crippen LogP contribution in [0.1, 0.15) is 26.3 Å². The number of aromatic nitrogens is 2. The van der Waals surface area contributed by atoms with Crippen LogP contribution in [-0.4, -0.2) is 22.6 Å². The van der Waals surface area contributed by atoms with Gasteiger partial charge in [0.05, 0.1) is 0 Å². The monoisotopic (exact) mass is 270 g/mol. The summed E-state index contributed by atoms with van der Waals surface area (Å²) in [5, 5.41) is 3.31. The van der Waals surface area contributed by atoms with Crippen LogP contribution in [0.3, 0.4) is 0 Å². The Kier molecular flexibility index (Phi) is 4.56. The summed E-state index contributed by atoms with van der Waals surface area (Å²) in [5.74, 6) is 1.77. The van der Waals surface area contributed by atoms with Gasteiger partial charge >= 0.3 is 0 Å². The summed E-state index contributed by atoms with van der Waals surface area (Å²) >= 11 is 0. The molecule has 0 bridgehead atoms. The van der Waals surface area contributed by atoms with Gasteiger partial charge in [-0.05, 0) is 45.4 Å². The van der Waals surface area contributed by atoms with Gasteiger partial charge in [0.25, 0.3) is 0 Å². The molecule has 1 heterocycles. The number of hydrogen-bond donors (Lipinski definition) is 1. The van der Waals surface area contributed by atoms with E-state index in [0.717, 1.165) is 23.9 Å². The zero-order valence-corrected chi connectivity index (χ0v) is 12.6. The van der Waals surface area contributed by atoms with Gasteiger partial charge in [-0.2, -0.15) is 0 Å².